The van der Waals surface area contributed by atoms with Gasteiger partial charge in [0, 0.05) is 18.0 Å². The van der Waals surface area contributed by atoms with Gasteiger partial charge in [0.1, 0.15) is 5.69 Å². The number of pyridine rings is 2. The molecular weight excluding hydrogens is 339 g/mol. The largest absolute Gasteiger partial charge is 0.433 e. The SMILES string of the molecule is Nc1nc(Nc2ccnc(C(F)(F)F)c2)nc(-c2cccc(=O)[nH]2)n1. The molecule has 0 bridgehead atoms. The van der Waals surface area contributed by atoms with Crippen LogP contribution in [-0.4, -0.2) is 24.9 Å². The topological polar surface area (TPSA) is 122 Å². The average Bonchev–Trinajstić information content (AvgIpc) is 2.54. The lowest BCUT2D eigenvalue weighted by Crippen LogP contribution is -2.10. The van der Waals surface area contributed by atoms with Crippen molar-refractivity contribution in [2.75, 3.05) is 11.1 Å². The van der Waals surface area contributed by atoms with Crippen molar-refractivity contribution in [1.82, 2.24) is 24.9 Å². The number of hydrogen-bond acceptors (Lipinski definition) is 7. The zero-order valence-electron chi connectivity index (χ0n) is 12.4. The van der Waals surface area contributed by atoms with Crippen molar-refractivity contribution in [1.29, 1.82) is 0 Å². The first-order valence-electron chi connectivity index (χ1n) is 6.83. The Morgan fingerprint density at radius 2 is 1.92 bits per heavy atom. The van der Waals surface area contributed by atoms with Gasteiger partial charge in [-0.3, -0.25) is 9.78 Å². The second-order valence-electron chi connectivity index (χ2n) is 4.82. The molecule has 8 nitrogen and oxygen atoms in total. The molecule has 3 rings (SSSR count). The van der Waals surface area contributed by atoms with Gasteiger partial charge in [-0.05, 0) is 18.2 Å². The van der Waals surface area contributed by atoms with Gasteiger partial charge >= 0.3 is 6.18 Å². The van der Waals surface area contributed by atoms with Crippen LogP contribution in [0.1, 0.15) is 5.69 Å². The van der Waals surface area contributed by atoms with Gasteiger partial charge in [0.15, 0.2) is 5.82 Å². The second-order valence-corrected chi connectivity index (χ2v) is 4.82. The quantitative estimate of drug-likeness (QED) is 0.660. The molecule has 0 amide bonds. The lowest BCUT2D eigenvalue weighted by atomic mass is 10.3. The number of nitrogen functional groups attached to an aromatic ring is 1. The molecule has 3 aromatic rings. The smallest absolute Gasteiger partial charge is 0.368 e. The highest BCUT2D eigenvalue weighted by Crippen LogP contribution is 2.29. The van der Waals surface area contributed by atoms with Crippen LogP contribution in [0.25, 0.3) is 11.5 Å². The molecule has 0 saturated heterocycles. The summed E-state index contributed by atoms with van der Waals surface area (Å²) in [5, 5.41) is 2.61. The van der Waals surface area contributed by atoms with Gasteiger partial charge in [0.25, 0.3) is 0 Å². The Hall–Kier alpha value is -3.50. The highest BCUT2D eigenvalue weighted by Gasteiger charge is 2.32. The van der Waals surface area contributed by atoms with E-state index in [-0.39, 0.29) is 34.7 Å². The van der Waals surface area contributed by atoms with Crippen molar-refractivity contribution in [3.05, 3.63) is 52.6 Å². The third-order valence-corrected chi connectivity index (χ3v) is 2.97. The van der Waals surface area contributed by atoms with Crippen LogP contribution in [-0.2, 0) is 6.18 Å². The molecule has 0 radical (unpaired) electrons. The summed E-state index contributed by atoms with van der Waals surface area (Å²) in [5.41, 5.74) is 4.53. The second kappa shape index (κ2) is 6.19. The molecule has 3 aromatic heterocycles. The summed E-state index contributed by atoms with van der Waals surface area (Å²) in [7, 11) is 0. The van der Waals surface area contributed by atoms with Gasteiger partial charge in [-0.25, -0.2) is 0 Å². The number of hydrogen-bond donors (Lipinski definition) is 3. The lowest BCUT2D eigenvalue weighted by Gasteiger charge is -2.10. The first kappa shape index (κ1) is 16.4. The number of rotatable bonds is 3. The Morgan fingerprint density at radius 3 is 2.64 bits per heavy atom. The molecule has 0 fully saturated rings. The van der Waals surface area contributed by atoms with Crippen LogP contribution < -0.4 is 16.6 Å². The van der Waals surface area contributed by atoms with Crippen LogP contribution in [0.2, 0.25) is 0 Å². The van der Waals surface area contributed by atoms with Crippen LogP contribution in [0.3, 0.4) is 0 Å². The average molecular weight is 349 g/mol. The van der Waals surface area contributed by atoms with Crippen LogP contribution in [0.5, 0.6) is 0 Å². The maximum Gasteiger partial charge on any atom is 0.433 e. The number of alkyl halides is 3. The molecule has 0 aromatic carbocycles. The molecule has 128 valence electrons. The number of nitrogens with two attached hydrogens (primary N) is 1. The fraction of sp³-hybridized carbons (Fsp3) is 0.0714. The van der Waals surface area contributed by atoms with Crippen molar-refractivity contribution >= 4 is 17.6 Å². The third kappa shape index (κ3) is 3.88. The summed E-state index contributed by atoms with van der Waals surface area (Å²) in [6.07, 6.45) is -3.57. The van der Waals surface area contributed by atoms with E-state index in [1.54, 1.807) is 6.07 Å². The van der Waals surface area contributed by atoms with E-state index in [0.717, 1.165) is 12.3 Å². The Kier molecular flexibility index (Phi) is 4.05. The summed E-state index contributed by atoms with van der Waals surface area (Å²) in [5.74, 6) is -0.174. The van der Waals surface area contributed by atoms with Crippen LogP contribution in [0.4, 0.5) is 30.8 Å². The number of H-pyrrole nitrogens is 1. The lowest BCUT2D eigenvalue weighted by molar-refractivity contribution is -0.141. The van der Waals surface area contributed by atoms with E-state index in [2.05, 4.69) is 30.2 Å². The summed E-state index contributed by atoms with van der Waals surface area (Å²) >= 11 is 0. The van der Waals surface area contributed by atoms with Crippen molar-refractivity contribution in [3.8, 4) is 11.5 Å². The number of nitrogens with one attached hydrogen (secondary N) is 2. The predicted octanol–water partition coefficient (Wildman–Crippen LogP) is 1.97. The Morgan fingerprint density at radius 1 is 1.12 bits per heavy atom. The number of aromatic amines is 1. The van der Waals surface area contributed by atoms with E-state index in [1.807, 2.05) is 0 Å². The number of halogens is 3. The molecule has 11 heteroatoms. The minimum Gasteiger partial charge on any atom is -0.368 e. The molecule has 25 heavy (non-hydrogen) atoms. The van der Waals surface area contributed by atoms with Gasteiger partial charge in [0.05, 0.1) is 5.69 Å². The van der Waals surface area contributed by atoms with Gasteiger partial charge in [-0.15, -0.1) is 0 Å². The summed E-state index contributed by atoms with van der Waals surface area (Å²) in [4.78, 5) is 28.9. The Balaban J connectivity index is 1.95. The van der Waals surface area contributed by atoms with Crippen LogP contribution >= 0.6 is 0 Å². The van der Waals surface area contributed by atoms with Gasteiger partial charge < -0.3 is 16.0 Å². The van der Waals surface area contributed by atoms with Crippen molar-refractivity contribution in [2.24, 2.45) is 0 Å². The normalized spacial score (nSPS) is 11.3. The molecule has 0 atom stereocenters. The first-order valence-corrected chi connectivity index (χ1v) is 6.83. The first-order chi connectivity index (χ1) is 11.8. The van der Waals surface area contributed by atoms with Gasteiger partial charge in [-0.2, -0.15) is 28.1 Å². The molecule has 0 unspecified atom stereocenters. The molecule has 0 aliphatic heterocycles. The minimum atomic E-state index is -4.58. The van der Waals surface area contributed by atoms with E-state index >= 15 is 0 Å². The van der Waals surface area contributed by atoms with E-state index in [9.17, 15) is 18.0 Å². The Bertz CT molecular complexity index is 971. The maximum atomic E-state index is 12.7. The molecular formula is C14H10F3N7O. The third-order valence-electron chi connectivity index (χ3n) is 2.97. The summed E-state index contributed by atoms with van der Waals surface area (Å²) < 4.78 is 38.1. The number of anilines is 3. The number of nitrogens with zero attached hydrogens (tertiary/aromatic N) is 4. The fourth-order valence-electron chi connectivity index (χ4n) is 1.94. The van der Waals surface area contributed by atoms with Crippen LogP contribution in [0.15, 0.2) is 41.3 Å². The van der Waals surface area contributed by atoms with E-state index in [1.165, 1.54) is 18.2 Å². The summed E-state index contributed by atoms with van der Waals surface area (Å²) in [6.45, 7) is 0. The molecule has 0 aliphatic rings. The molecule has 0 spiro atoms. The van der Waals surface area contributed by atoms with Crippen molar-refractivity contribution in [2.45, 2.75) is 6.18 Å². The summed E-state index contributed by atoms with van der Waals surface area (Å²) in [6, 6.07) is 6.49. The molecule has 0 saturated carbocycles. The zero-order valence-corrected chi connectivity index (χ0v) is 12.4. The molecule has 4 N–H and O–H groups in total. The van der Waals surface area contributed by atoms with E-state index in [0.29, 0.717) is 0 Å². The number of aromatic nitrogens is 5. The van der Waals surface area contributed by atoms with Crippen LogP contribution in [0, 0.1) is 0 Å². The van der Waals surface area contributed by atoms with Gasteiger partial charge in [-0.1, -0.05) is 6.07 Å². The maximum absolute atomic E-state index is 12.7. The highest BCUT2D eigenvalue weighted by atomic mass is 19.4. The van der Waals surface area contributed by atoms with Crippen molar-refractivity contribution < 1.29 is 13.2 Å². The van der Waals surface area contributed by atoms with E-state index < -0.39 is 11.9 Å². The molecule has 0 aliphatic carbocycles. The predicted molar refractivity (Wildman–Crippen MR) is 82.8 cm³/mol. The monoisotopic (exact) mass is 349 g/mol. The van der Waals surface area contributed by atoms with E-state index in [4.69, 9.17) is 5.73 Å². The zero-order chi connectivity index (χ0) is 18.0. The molecule has 3 heterocycles. The fourth-order valence-corrected chi connectivity index (χ4v) is 1.94. The van der Waals surface area contributed by atoms with Gasteiger partial charge in [0.2, 0.25) is 17.5 Å². The standard InChI is InChI=1S/C14H10F3N7O/c15-14(16,17)9-6-7(4-5-19-9)20-13-23-11(22-12(18)24-13)8-2-1-3-10(25)21-8/h1-6H,(H,21,25)(H3,18,19,20,22,23,24). The minimum absolute atomic E-state index is 0.0674. The highest BCUT2D eigenvalue weighted by molar-refractivity contribution is 5.58. The Labute approximate surface area is 138 Å². The van der Waals surface area contributed by atoms with Crippen molar-refractivity contribution in [3.63, 3.8) is 0 Å².